The summed E-state index contributed by atoms with van der Waals surface area (Å²) < 4.78 is 0. The molecule has 104 valence electrons. The molecule has 6 heteroatoms. The van der Waals surface area contributed by atoms with Crippen LogP contribution in [0.2, 0.25) is 10.0 Å². The molecule has 1 aliphatic heterocycles. The second-order valence-electron chi connectivity index (χ2n) is 4.60. The van der Waals surface area contributed by atoms with Crippen molar-refractivity contribution in [3.63, 3.8) is 0 Å². The zero-order valence-corrected chi connectivity index (χ0v) is 12.9. The monoisotopic (exact) mass is 325 g/mol. The van der Waals surface area contributed by atoms with Gasteiger partial charge in [0.1, 0.15) is 0 Å². The average Bonchev–Trinajstić information content (AvgIpc) is 3.05. The number of hydrogen-bond donors (Lipinski definition) is 1. The Morgan fingerprint density at radius 1 is 1.30 bits per heavy atom. The Morgan fingerprint density at radius 3 is 2.85 bits per heavy atom. The second kappa shape index (κ2) is 5.64. The van der Waals surface area contributed by atoms with Gasteiger partial charge < -0.3 is 10.6 Å². The van der Waals surface area contributed by atoms with Gasteiger partial charge in [-0.05, 0) is 29.1 Å². The maximum absolute atomic E-state index is 6.10. The summed E-state index contributed by atoms with van der Waals surface area (Å²) in [5.41, 5.74) is 7.10. The highest BCUT2D eigenvalue weighted by Crippen LogP contribution is 2.32. The molecule has 0 saturated heterocycles. The number of thiophene rings is 1. The molecular formula is C14H13Cl2N3S. The first-order chi connectivity index (χ1) is 9.65. The maximum Gasteiger partial charge on any atom is 0.192 e. The van der Waals surface area contributed by atoms with Gasteiger partial charge >= 0.3 is 0 Å². The summed E-state index contributed by atoms with van der Waals surface area (Å²) in [4.78, 5) is 7.72. The summed E-state index contributed by atoms with van der Waals surface area (Å²) in [6.45, 7) is 1.41. The zero-order valence-electron chi connectivity index (χ0n) is 10.6. The second-order valence-corrected chi connectivity index (χ2v) is 6.44. The van der Waals surface area contributed by atoms with Crippen LogP contribution in [0, 0.1) is 0 Å². The van der Waals surface area contributed by atoms with E-state index in [1.807, 2.05) is 24.3 Å². The van der Waals surface area contributed by atoms with Crippen molar-refractivity contribution >= 4 is 40.5 Å². The fourth-order valence-corrected chi connectivity index (χ4v) is 3.30. The number of nitrogens with zero attached hydrogens (tertiary/aromatic N) is 2. The van der Waals surface area contributed by atoms with Gasteiger partial charge in [0.05, 0.1) is 29.2 Å². The first-order valence-electron chi connectivity index (χ1n) is 6.19. The van der Waals surface area contributed by atoms with Crippen molar-refractivity contribution in [2.75, 3.05) is 6.54 Å². The van der Waals surface area contributed by atoms with E-state index in [-0.39, 0.29) is 6.04 Å². The van der Waals surface area contributed by atoms with E-state index < -0.39 is 0 Å². The van der Waals surface area contributed by atoms with Crippen molar-refractivity contribution in [1.29, 1.82) is 0 Å². The molecule has 0 aliphatic carbocycles. The third kappa shape index (κ3) is 2.64. The number of aliphatic imine (C=N–C) groups is 1. The molecular weight excluding hydrogens is 313 g/mol. The fourth-order valence-electron chi connectivity index (χ4n) is 2.30. The highest BCUT2D eigenvalue weighted by atomic mass is 35.5. The molecule has 2 heterocycles. The summed E-state index contributed by atoms with van der Waals surface area (Å²) in [6, 6.07) is 9.95. The van der Waals surface area contributed by atoms with Gasteiger partial charge in [-0.25, -0.2) is 0 Å². The predicted molar refractivity (Wildman–Crippen MR) is 85.6 cm³/mol. The molecule has 2 aromatic rings. The fraction of sp³-hybridized carbons (Fsp3) is 0.214. The minimum atomic E-state index is 0.117. The SMILES string of the molecule is NC1=NCC(c2ccc(Cl)c(Cl)c2)N1Cc1cccs1. The predicted octanol–water partition coefficient (Wildman–Crippen LogP) is 3.93. The normalized spacial score (nSPS) is 18.4. The van der Waals surface area contributed by atoms with Crippen molar-refractivity contribution < 1.29 is 0 Å². The van der Waals surface area contributed by atoms with Gasteiger partial charge in [0.2, 0.25) is 0 Å². The largest absolute Gasteiger partial charge is 0.370 e. The molecule has 20 heavy (non-hydrogen) atoms. The summed E-state index contributed by atoms with van der Waals surface area (Å²) in [5.74, 6) is 0.578. The van der Waals surface area contributed by atoms with Crippen LogP contribution in [0.25, 0.3) is 0 Å². The van der Waals surface area contributed by atoms with Crippen molar-refractivity contribution in [3.05, 3.63) is 56.2 Å². The lowest BCUT2D eigenvalue weighted by Gasteiger charge is -2.26. The van der Waals surface area contributed by atoms with E-state index in [0.29, 0.717) is 22.5 Å². The van der Waals surface area contributed by atoms with Gasteiger partial charge in [-0.15, -0.1) is 11.3 Å². The van der Waals surface area contributed by atoms with Crippen molar-refractivity contribution in [3.8, 4) is 0 Å². The van der Waals surface area contributed by atoms with Gasteiger partial charge in [0, 0.05) is 4.88 Å². The molecule has 0 radical (unpaired) electrons. The Labute approximate surface area is 131 Å². The maximum atomic E-state index is 6.10. The Balaban J connectivity index is 1.86. The molecule has 1 aromatic heterocycles. The lowest BCUT2D eigenvalue weighted by atomic mass is 10.1. The van der Waals surface area contributed by atoms with Gasteiger partial charge in [-0.2, -0.15) is 0 Å². The van der Waals surface area contributed by atoms with Crippen LogP contribution in [-0.2, 0) is 6.54 Å². The molecule has 0 bridgehead atoms. The van der Waals surface area contributed by atoms with Crippen LogP contribution in [-0.4, -0.2) is 17.4 Å². The highest BCUT2D eigenvalue weighted by Gasteiger charge is 2.28. The van der Waals surface area contributed by atoms with Crippen molar-refractivity contribution in [1.82, 2.24) is 4.90 Å². The molecule has 1 aromatic carbocycles. The minimum absolute atomic E-state index is 0.117. The first-order valence-corrected chi connectivity index (χ1v) is 7.82. The average molecular weight is 326 g/mol. The van der Waals surface area contributed by atoms with Crippen molar-refractivity contribution in [2.45, 2.75) is 12.6 Å². The van der Waals surface area contributed by atoms with Crippen LogP contribution >= 0.6 is 34.5 Å². The standard InChI is InChI=1S/C14H13Cl2N3S/c15-11-4-3-9(6-12(11)16)13-7-18-14(17)19(13)8-10-2-1-5-20-10/h1-6,13H,7-8H2,(H2,17,18). The number of halogens is 2. The van der Waals surface area contributed by atoms with Gasteiger partial charge in [0.15, 0.2) is 5.96 Å². The van der Waals surface area contributed by atoms with Gasteiger partial charge in [-0.1, -0.05) is 35.3 Å². The van der Waals surface area contributed by atoms with Crippen LogP contribution in [0.1, 0.15) is 16.5 Å². The van der Waals surface area contributed by atoms with E-state index in [2.05, 4.69) is 21.3 Å². The van der Waals surface area contributed by atoms with Crippen LogP contribution in [0.3, 0.4) is 0 Å². The molecule has 3 rings (SSSR count). The molecule has 0 amide bonds. The third-order valence-electron chi connectivity index (χ3n) is 3.33. The van der Waals surface area contributed by atoms with Gasteiger partial charge in [-0.3, -0.25) is 4.99 Å². The number of guanidine groups is 1. The Kier molecular flexibility index (Phi) is 3.87. The number of benzene rings is 1. The van der Waals surface area contributed by atoms with Crippen LogP contribution in [0.15, 0.2) is 40.7 Å². The van der Waals surface area contributed by atoms with Crippen LogP contribution in [0.5, 0.6) is 0 Å². The summed E-state index contributed by atoms with van der Waals surface area (Å²) in [7, 11) is 0. The Hall–Kier alpha value is -1.23. The van der Waals surface area contributed by atoms with E-state index in [0.717, 1.165) is 12.1 Å². The molecule has 2 N–H and O–H groups in total. The topological polar surface area (TPSA) is 41.6 Å². The van der Waals surface area contributed by atoms with E-state index >= 15 is 0 Å². The van der Waals surface area contributed by atoms with Crippen molar-refractivity contribution in [2.24, 2.45) is 10.7 Å². The summed E-state index contributed by atoms with van der Waals surface area (Å²) in [5, 5.41) is 3.19. The highest BCUT2D eigenvalue weighted by molar-refractivity contribution is 7.09. The Bertz CT molecular complexity index is 640. The number of hydrogen-bond acceptors (Lipinski definition) is 4. The number of rotatable bonds is 3. The molecule has 1 aliphatic rings. The number of nitrogens with two attached hydrogens (primary N) is 1. The molecule has 1 unspecified atom stereocenters. The molecule has 0 saturated carbocycles. The lowest BCUT2D eigenvalue weighted by Crippen LogP contribution is -2.35. The summed E-state index contributed by atoms with van der Waals surface area (Å²) >= 11 is 13.8. The van der Waals surface area contributed by atoms with E-state index in [9.17, 15) is 0 Å². The van der Waals surface area contributed by atoms with E-state index in [1.165, 1.54) is 4.88 Å². The zero-order chi connectivity index (χ0) is 14.1. The molecule has 1 atom stereocenters. The van der Waals surface area contributed by atoms with Crippen LogP contribution in [0.4, 0.5) is 0 Å². The minimum Gasteiger partial charge on any atom is -0.370 e. The Morgan fingerprint density at radius 2 is 2.15 bits per heavy atom. The first kappa shape index (κ1) is 13.7. The quantitative estimate of drug-likeness (QED) is 0.929. The molecule has 0 fully saturated rings. The third-order valence-corrected chi connectivity index (χ3v) is 4.93. The molecule has 3 nitrogen and oxygen atoms in total. The molecule has 0 spiro atoms. The smallest absolute Gasteiger partial charge is 0.192 e. The van der Waals surface area contributed by atoms with E-state index in [1.54, 1.807) is 11.3 Å². The van der Waals surface area contributed by atoms with Crippen LogP contribution < -0.4 is 5.73 Å². The van der Waals surface area contributed by atoms with Gasteiger partial charge in [0.25, 0.3) is 0 Å². The summed E-state index contributed by atoms with van der Waals surface area (Å²) in [6.07, 6.45) is 0. The lowest BCUT2D eigenvalue weighted by molar-refractivity contribution is 0.343. The van der Waals surface area contributed by atoms with E-state index in [4.69, 9.17) is 28.9 Å².